The van der Waals surface area contributed by atoms with Crippen LogP contribution in [-0.4, -0.2) is 34.0 Å². The third-order valence-corrected chi connectivity index (χ3v) is 3.12. The van der Waals surface area contributed by atoms with Gasteiger partial charge in [0.1, 0.15) is 0 Å². The zero-order valence-electron chi connectivity index (χ0n) is 11.4. The summed E-state index contributed by atoms with van der Waals surface area (Å²) in [7, 11) is 3.63. The molecule has 0 amide bonds. The maximum Gasteiger partial charge on any atom is 0.316 e. The van der Waals surface area contributed by atoms with Crippen LogP contribution in [0.4, 0.5) is 0 Å². The minimum absolute atomic E-state index is 0.288. The molecule has 2 aromatic heterocycles. The lowest BCUT2D eigenvalue weighted by molar-refractivity contribution is 0.251. The first-order chi connectivity index (χ1) is 9.20. The molecule has 0 aliphatic carbocycles. The molecule has 1 atom stereocenters. The summed E-state index contributed by atoms with van der Waals surface area (Å²) in [5, 5.41) is 0. The maximum absolute atomic E-state index is 4.95. The van der Waals surface area contributed by atoms with Crippen LogP contribution >= 0.6 is 0 Å². The van der Waals surface area contributed by atoms with Gasteiger partial charge in [-0.2, -0.15) is 0 Å². The molecule has 2 heterocycles. The standard InChI is InChI=1S/C14H18N4O/c1-11(13-5-4-6-15-9-13)18(2)10-12-7-16-14(19-3)17-8-12/h4-9,11H,10H2,1-3H3/t11-/m0/s1. The number of methoxy groups -OCH3 is 1. The van der Waals surface area contributed by atoms with E-state index in [9.17, 15) is 0 Å². The van der Waals surface area contributed by atoms with Gasteiger partial charge in [0.25, 0.3) is 0 Å². The first kappa shape index (κ1) is 13.4. The molecule has 0 fully saturated rings. The topological polar surface area (TPSA) is 51.1 Å². The predicted octanol–water partition coefficient (Wildman–Crippen LogP) is 2.07. The van der Waals surface area contributed by atoms with Crippen molar-refractivity contribution >= 4 is 0 Å². The molecule has 0 bridgehead atoms. The molecule has 0 aliphatic rings. The second-order valence-corrected chi connectivity index (χ2v) is 4.46. The molecule has 5 heteroatoms. The molecule has 19 heavy (non-hydrogen) atoms. The van der Waals surface area contributed by atoms with Crippen molar-refractivity contribution in [3.05, 3.63) is 48.0 Å². The molecule has 0 saturated heterocycles. The summed E-state index contributed by atoms with van der Waals surface area (Å²) >= 11 is 0. The third kappa shape index (κ3) is 3.48. The van der Waals surface area contributed by atoms with Crippen LogP contribution < -0.4 is 4.74 Å². The number of nitrogens with zero attached hydrogens (tertiary/aromatic N) is 4. The van der Waals surface area contributed by atoms with E-state index in [4.69, 9.17) is 4.74 Å². The van der Waals surface area contributed by atoms with Crippen LogP contribution in [0.3, 0.4) is 0 Å². The Balaban J connectivity index is 2.01. The number of pyridine rings is 1. The maximum atomic E-state index is 4.95. The lowest BCUT2D eigenvalue weighted by Crippen LogP contribution is -2.22. The van der Waals surface area contributed by atoms with Gasteiger partial charge in [-0.25, -0.2) is 9.97 Å². The molecule has 0 aliphatic heterocycles. The molecule has 0 spiro atoms. The number of rotatable bonds is 5. The lowest BCUT2D eigenvalue weighted by Gasteiger charge is -2.24. The van der Waals surface area contributed by atoms with Crippen LogP contribution in [0.5, 0.6) is 6.01 Å². The Morgan fingerprint density at radius 3 is 2.58 bits per heavy atom. The largest absolute Gasteiger partial charge is 0.467 e. The second kappa shape index (κ2) is 6.24. The van der Waals surface area contributed by atoms with Crippen molar-refractivity contribution in [2.75, 3.05) is 14.2 Å². The van der Waals surface area contributed by atoms with Gasteiger partial charge in [0, 0.05) is 42.9 Å². The Kier molecular flexibility index (Phi) is 4.41. The molecule has 0 radical (unpaired) electrons. The van der Waals surface area contributed by atoms with Gasteiger partial charge in [0.15, 0.2) is 0 Å². The van der Waals surface area contributed by atoms with Crippen LogP contribution in [0.1, 0.15) is 24.1 Å². The van der Waals surface area contributed by atoms with E-state index >= 15 is 0 Å². The molecule has 0 aromatic carbocycles. The van der Waals surface area contributed by atoms with Gasteiger partial charge < -0.3 is 4.74 Å². The molecule has 2 rings (SSSR count). The average molecular weight is 258 g/mol. The van der Waals surface area contributed by atoms with Gasteiger partial charge in [-0.3, -0.25) is 9.88 Å². The monoisotopic (exact) mass is 258 g/mol. The molecule has 5 nitrogen and oxygen atoms in total. The van der Waals surface area contributed by atoms with E-state index in [1.165, 1.54) is 5.56 Å². The van der Waals surface area contributed by atoms with Gasteiger partial charge >= 0.3 is 6.01 Å². The Morgan fingerprint density at radius 1 is 1.26 bits per heavy atom. The van der Waals surface area contributed by atoms with Crippen LogP contribution in [-0.2, 0) is 6.54 Å². The first-order valence-corrected chi connectivity index (χ1v) is 6.15. The van der Waals surface area contributed by atoms with E-state index < -0.39 is 0 Å². The number of ether oxygens (including phenoxy) is 1. The van der Waals surface area contributed by atoms with E-state index in [1.807, 2.05) is 12.3 Å². The van der Waals surface area contributed by atoms with Crippen LogP contribution in [0.15, 0.2) is 36.9 Å². The lowest BCUT2D eigenvalue weighted by atomic mass is 10.1. The van der Waals surface area contributed by atoms with Gasteiger partial charge in [0.2, 0.25) is 0 Å². The average Bonchev–Trinajstić information content (AvgIpc) is 2.48. The summed E-state index contributed by atoms with van der Waals surface area (Å²) in [6.07, 6.45) is 7.26. The SMILES string of the molecule is COc1ncc(CN(C)[C@@H](C)c2cccnc2)cn1. The zero-order valence-corrected chi connectivity index (χ0v) is 11.4. The number of hydrogen-bond donors (Lipinski definition) is 0. The Labute approximate surface area is 113 Å². The van der Waals surface area contributed by atoms with Crippen LogP contribution in [0, 0.1) is 0 Å². The Hall–Kier alpha value is -2.01. The Bertz CT molecular complexity index is 501. The summed E-state index contributed by atoms with van der Waals surface area (Å²) < 4.78 is 4.95. The number of aromatic nitrogens is 3. The molecular weight excluding hydrogens is 240 g/mol. The summed E-state index contributed by atoms with van der Waals surface area (Å²) in [6, 6.07) is 4.72. The highest BCUT2D eigenvalue weighted by molar-refractivity contribution is 5.14. The van der Waals surface area contributed by atoms with Crippen LogP contribution in [0.2, 0.25) is 0 Å². The van der Waals surface area contributed by atoms with Crippen molar-refractivity contribution in [3.63, 3.8) is 0 Å². The molecule has 0 unspecified atom stereocenters. The van der Waals surface area contributed by atoms with E-state index in [0.29, 0.717) is 6.01 Å². The highest BCUT2D eigenvalue weighted by atomic mass is 16.5. The first-order valence-electron chi connectivity index (χ1n) is 6.15. The third-order valence-electron chi connectivity index (χ3n) is 3.12. The fraction of sp³-hybridized carbons (Fsp3) is 0.357. The predicted molar refractivity (Wildman–Crippen MR) is 72.7 cm³/mol. The van der Waals surface area contributed by atoms with E-state index in [0.717, 1.165) is 12.1 Å². The van der Waals surface area contributed by atoms with Crippen molar-refractivity contribution in [1.29, 1.82) is 0 Å². The van der Waals surface area contributed by atoms with E-state index in [1.54, 1.807) is 25.7 Å². The minimum Gasteiger partial charge on any atom is -0.467 e. The molecule has 100 valence electrons. The van der Waals surface area contributed by atoms with E-state index in [2.05, 4.69) is 39.9 Å². The highest BCUT2D eigenvalue weighted by Gasteiger charge is 2.12. The highest BCUT2D eigenvalue weighted by Crippen LogP contribution is 2.19. The van der Waals surface area contributed by atoms with Crippen LogP contribution in [0.25, 0.3) is 0 Å². The molecule has 2 aromatic rings. The Morgan fingerprint density at radius 2 is 2.00 bits per heavy atom. The summed E-state index contributed by atoms with van der Waals surface area (Å²) in [5.74, 6) is 0. The minimum atomic E-state index is 0.288. The van der Waals surface area contributed by atoms with Crippen molar-refractivity contribution < 1.29 is 4.74 Å². The van der Waals surface area contributed by atoms with E-state index in [-0.39, 0.29) is 6.04 Å². The van der Waals surface area contributed by atoms with Gasteiger partial charge in [-0.15, -0.1) is 0 Å². The molecule has 0 saturated carbocycles. The smallest absolute Gasteiger partial charge is 0.316 e. The van der Waals surface area contributed by atoms with Crippen molar-refractivity contribution in [3.8, 4) is 6.01 Å². The van der Waals surface area contributed by atoms with Gasteiger partial charge in [-0.1, -0.05) is 6.07 Å². The molecular formula is C14H18N4O. The molecule has 0 N–H and O–H groups in total. The summed E-state index contributed by atoms with van der Waals surface area (Å²) in [5.41, 5.74) is 2.25. The normalized spacial score (nSPS) is 12.4. The number of hydrogen-bond acceptors (Lipinski definition) is 5. The van der Waals surface area contributed by atoms with Crippen molar-refractivity contribution in [1.82, 2.24) is 19.9 Å². The van der Waals surface area contributed by atoms with Gasteiger partial charge in [-0.05, 0) is 25.6 Å². The van der Waals surface area contributed by atoms with Crippen molar-refractivity contribution in [2.45, 2.75) is 19.5 Å². The zero-order chi connectivity index (χ0) is 13.7. The van der Waals surface area contributed by atoms with Crippen molar-refractivity contribution in [2.24, 2.45) is 0 Å². The fourth-order valence-corrected chi connectivity index (χ4v) is 1.83. The summed E-state index contributed by atoms with van der Waals surface area (Å²) in [4.78, 5) is 14.6. The fourth-order valence-electron chi connectivity index (χ4n) is 1.83. The quantitative estimate of drug-likeness (QED) is 0.821. The second-order valence-electron chi connectivity index (χ2n) is 4.46. The van der Waals surface area contributed by atoms with Gasteiger partial charge in [0.05, 0.1) is 7.11 Å². The summed E-state index contributed by atoms with van der Waals surface area (Å²) in [6.45, 7) is 2.93.